The van der Waals surface area contributed by atoms with Gasteiger partial charge in [0.2, 0.25) is 0 Å². The molecule has 3 heterocycles. The number of esters is 1. The third-order valence-electron chi connectivity index (χ3n) is 5.20. The van der Waals surface area contributed by atoms with Crippen LogP contribution in [-0.2, 0) is 20.8 Å². The fourth-order valence-electron chi connectivity index (χ4n) is 3.70. The second kappa shape index (κ2) is 8.97. The lowest BCUT2D eigenvalue weighted by atomic mass is 10.2. The summed E-state index contributed by atoms with van der Waals surface area (Å²) < 4.78 is 18.6. The lowest BCUT2D eigenvalue weighted by Gasteiger charge is -2.11. The van der Waals surface area contributed by atoms with Crippen molar-refractivity contribution in [3.05, 3.63) is 29.8 Å². The van der Waals surface area contributed by atoms with Gasteiger partial charge < -0.3 is 24.5 Å². The van der Waals surface area contributed by atoms with E-state index < -0.39 is 5.97 Å². The Morgan fingerprint density at radius 3 is 2.77 bits per heavy atom. The standard InChI is InChI=1S/C22H28N4O4/c1-14(2)28-12-6-10-26-20(23)18(22(27)30-13-15-7-5-11-29-15)19-21(26)25-17-9-4-3-8-16(17)24-19/h3-4,8-9,14-15H,5-7,10-13,23H2,1-2H3/t15-/m0/s1. The first kappa shape index (κ1) is 20.6. The first-order valence-electron chi connectivity index (χ1n) is 10.5. The number of anilines is 1. The van der Waals surface area contributed by atoms with Crippen LogP contribution < -0.4 is 5.73 Å². The Labute approximate surface area is 175 Å². The number of benzene rings is 1. The van der Waals surface area contributed by atoms with Crippen molar-refractivity contribution in [1.82, 2.24) is 14.5 Å². The number of rotatable bonds is 8. The van der Waals surface area contributed by atoms with Gasteiger partial charge in [0.05, 0.1) is 23.2 Å². The van der Waals surface area contributed by atoms with Crippen LogP contribution in [0.2, 0.25) is 0 Å². The van der Waals surface area contributed by atoms with Gasteiger partial charge in [-0.2, -0.15) is 0 Å². The highest BCUT2D eigenvalue weighted by atomic mass is 16.6. The molecule has 1 fully saturated rings. The Morgan fingerprint density at radius 2 is 2.07 bits per heavy atom. The molecule has 3 aromatic rings. The summed E-state index contributed by atoms with van der Waals surface area (Å²) in [6.45, 7) is 6.09. The average molecular weight is 412 g/mol. The van der Waals surface area contributed by atoms with Gasteiger partial charge in [0.1, 0.15) is 23.5 Å². The van der Waals surface area contributed by atoms with Gasteiger partial charge >= 0.3 is 5.97 Å². The van der Waals surface area contributed by atoms with E-state index >= 15 is 0 Å². The highest BCUT2D eigenvalue weighted by Gasteiger charge is 2.26. The summed E-state index contributed by atoms with van der Waals surface area (Å²) in [5.74, 6) is -0.169. The molecule has 0 unspecified atom stereocenters. The Balaban J connectivity index is 1.67. The van der Waals surface area contributed by atoms with Gasteiger partial charge in [0.25, 0.3) is 0 Å². The summed E-state index contributed by atoms with van der Waals surface area (Å²) in [5.41, 5.74) is 9.19. The topological polar surface area (TPSA) is 101 Å². The monoisotopic (exact) mass is 412 g/mol. The lowest BCUT2D eigenvalue weighted by Crippen LogP contribution is -2.18. The van der Waals surface area contributed by atoms with Crippen molar-refractivity contribution >= 4 is 34.0 Å². The molecule has 1 aliphatic rings. The van der Waals surface area contributed by atoms with E-state index in [-0.39, 0.29) is 24.4 Å². The van der Waals surface area contributed by atoms with E-state index in [1.165, 1.54) is 0 Å². The molecule has 1 atom stereocenters. The van der Waals surface area contributed by atoms with E-state index in [1.54, 1.807) is 0 Å². The number of hydrogen-bond acceptors (Lipinski definition) is 7. The Morgan fingerprint density at radius 1 is 1.30 bits per heavy atom. The Hall–Kier alpha value is -2.71. The molecule has 0 aliphatic carbocycles. The molecule has 0 saturated carbocycles. The minimum absolute atomic E-state index is 0.0522. The molecule has 8 heteroatoms. The molecule has 2 aromatic heterocycles. The lowest BCUT2D eigenvalue weighted by molar-refractivity contribution is 0.0163. The largest absolute Gasteiger partial charge is 0.459 e. The average Bonchev–Trinajstić information content (AvgIpc) is 3.34. The zero-order valence-corrected chi connectivity index (χ0v) is 17.5. The second-order valence-corrected chi connectivity index (χ2v) is 7.80. The van der Waals surface area contributed by atoms with Gasteiger partial charge in [0.15, 0.2) is 5.65 Å². The summed E-state index contributed by atoms with van der Waals surface area (Å²) in [4.78, 5) is 22.4. The molecule has 1 aliphatic heterocycles. The normalized spacial score (nSPS) is 16.7. The number of nitrogens with two attached hydrogens (primary N) is 1. The minimum Gasteiger partial charge on any atom is -0.459 e. The second-order valence-electron chi connectivity index (χ2n) is 7.80. The van der Waals surface area contributed by atoms with E-state index in [0.29, 0.717) is 42.3 Å². The van der Waals surface area contributed by atoms with Crippen LogP contribution >= 0.6 is 0 Å². The summed E-state index contributed by atoms with van der Waals surface area (Å²) in [5, 5.41) is 0. The van der Waals surface area contributed by atoms with E-state index in [9.17, 15) is 4.79 Å². The first-order valence-corrected chi connectivity index (χ1v) is 10.5. The maximum Gasteiger partial charge on any atom is 0.344 e. The molecule has 8 nitrogen and oxygen atoms in total. The fraction of sp³-hybridized carbons (Fsp3) is 0.500. The quantitative estimate of drug-likeness (QED) is 0.447. The Kier molecular flexibility index (Phi) is 6.15. The number of carbonyl (C=O) groups excluding carboxylic acids is 1. The molecule has 0 radical (unpaired) electrons. The van der Waals surface area contributed by atoms with E-state index in [4.69, 9.17) is 24.9 Å². The highest BCUT2D eigenvalue weighted by molar-refractivity contribution is 6.08. The van der Waals surface area contributed by atoms with Gasteiger partial charge in [-0.25, -0.2) is 14.8 Å². The van der Waals surface area contributed by atoms with Crippen molar-refractivity contribution in [2.75, 3.05) is 25.6 Å². The first-order chi connectivity index (χ1) is 14.5. The molecule has 1 saturated heterocycles. The smallest absolute Gasteiger partial charge is 0.344 e. The van der Waals surface area contributed by atoms with Gasteiger partial charge in [-0.05, 0) is 45.2 Å². The molecule has 1 aromatic carbocycles. The van der Waals surface area contributed by atoms with Crippen LogP contribution in [0.3, 0.4) is 0 Å². The predicted octanol–water partition coefficient (Wildman–Crippen LogP) is 3.32. The molecule has 4 rings (SSSR count). The molecular weight excluding hydrogens is 384 g/mol. The molecule has 0 bridgehead atoms. The molecular formula is C22H28N4O4. The van der Waals surface area contributed by atoms with Crippen LogP contribution in [0, 0.1) is 0 Å². The van der Waals surface area contributed by atoms with Crippen molar-refractivity contribution in [3.63, 3.8) is 0 Å². The van der Waals surface area contributed by atoms with Crippen LogP contribution in [0.5, 0.6) is 0 Å². The van der Waals surface area contributed by atoms with Gasteiger partial charge in [0, 0.05) is 19.8 Å². The highest BCUT2D eigenvalue weighted by Crippen LogP contribution is 2.29. The number of aryl methyl sites for hydroxylation is 1. The third kappa shape index (κ3) is 4.24. The maximum absolute atomic E-state index is 12.9. The van der Waals surface area contributed by atoms with Crippen molar-refractivity contribution < 1.29 is 19.0 Å². The number of nitrogens with zero attached hydrogens (tertiary/aromatic N) is 3. The number of ether oxygens (including phenoxy) is 3. The van der Waals surface area contributed by atoms with E-state index in [1.807, 2.05) is 42.7 Å². The van der Waals surface area contributed by atoms with Crippen LogP contribution in [-0.4, -0.2) is 52.5 Å². The van der Waals surface area contributed by atoms with Crippen LogP contribution in [0.1, 0.15) is 43.5 Å². The molecule has 0 amide bonds. The van der Waals surface area contributed by atoms with Gasteiger partial charge in [-0.15, -0.1) is 0 Å². The van der Waals surface area contributed by atoms with Crippen LogP contribution in [0.25, 0.3) is 22.2 Å². The number of nitrogen functional groups attached to an aromatic ring is 1. The third-order valence-corrected chi connectivity index (χ3v) is 5.20. The number of para-hydroxylation sites is 2. The molecule has 0 spiro atoms. The van der Waals surface area contributed by atoms with Crippen molar-refractivity contribution in [1.29, 1.82) is 0 Å². The molecule has 2 N–H and O–H groups in total. The minimum atomic E-state index is -0.491. The zero-order valence-electron chi connectivity index (χ0n) is 17.5. The van der Waals surface area contributed by atoms with Gasteiger partial charge in [-0.1, -0.05) is 12.1 Å². The Bertz CT molecular complexity index is 1040. The summed E-state index contributed by atoms with van der Waals surface area (Å²) >= 11 is 0. The summed E-state index contributed by atoms with van der Waals surface area (Å²) in [7, 11) is 0. The molecule has 160 valence electrons. The van der Waals surface area contributed by atoms with Crippen molar-refractivity contribution in [3.8, 4) is 0 Å². The predicted molar refractivity (Wildman–Crippen MR) is 114 cm³/mol. The number of aromatic nitrogens is 3. The van der Waals surface area contributed by atoms with Crippen LogP contribution in [0.4, 0.5) is 5.82 Å². The van der Waals surface area contributed by atoms with Crippen molar-refractivity contribution in [2.24, 2.45) is 0 Å². The number of carbonyl (C=O) groups is 1. The summed E-state index contributed by atoms with van der Waals surface area (Å²) in [6, 6.07) is 7.56. The number of hydrogen-bond donors (Lipinski definition) is 1. The summed E-state index contributed by atoms with van der Waals surface area (Å²) in [6.07, 6.45) is 2.73. The van der Waals surface area contributed by atoms with Crippen LogP contribution in [0.15, 0.2) is 24.3 Å². The zero-order chi connectivity index (χ0) is 21.1. The van der Waals surface area contributed by atoms with E-state index in [2.05, 4.69) is 4.98 Å². The van der Waals surface area contributed by atoms with E-state index in [0.717, 1.165) is 24.8 Å². The van der Waals surface area contributed by atoms with Crippen molar-refractivity contribution in [2.45, 2.75) is 51.9 Å². The fourth-order valence-corrected chi connectivity index (χ4v) is 3.70. The SMILES string of the molecule is CC(C)OCCCn1c(N)c(C(=O)OC[C@@H]2CCCO2)c2nc3ccccc3nc21. The maximum atomic E-state index is 12.9. The number of fused-ring (bicyclic) bond motifs is 2. The molecule has 30 heavy (non-hydrogen) atoms. The van der Waals surface area contributed by atoms with Gasteiger partial charge in [-0.3, -0.25) is 0 Å².